The van der Waals surface area contributed by atoms with Crippen molar-refractivity contribution in [3.63, 3.8) is 0 Å². The van der Waals surface area contributed by atoms with E-state index in [0.717, 1.165) is 28.5 Å². The van der Waals surface area contributed by atoms with Gasteiger partial charge in [0.15, 0.2) is 5.13 Å². The fraction of sp³-hybridized carbons (Fsp3) is 0.176. The summed E-state index contributed by atoms with van der Waals surface area (Å²) in [6.07, 6.45) is 1.45. The Balaban J connectivity index is 1.67. The molecule has 0 unspecified atom stereocenters. The molecule has 1 aliphatic heterocycles. The van der Waals surface area contributed by atoms with E-state index in [9.17, 15) is 13.2 Å². The van der Waals surface area contributed by atoms with Crippen molar-refractivity contribution >= 4 is 43.2 Å². The molecule has 1 aromatic heterocycles. The standard InChI is InChI=1S/C17H15N3O3S2/c21-16-15-14(6-3-9-18-16)19-17(24-15)20-25(22,23)13-8-7-11-4-1-2-5-12(11)10-13/h1-2,4-5,7-8,10H,3,6,9H2,(H,18,21)(H,19,20). The zero-order valence-corrected chi connectivity index (χ0v) is 14.8. The monoisotopic (exact) mass is 373 g/mol. The third kappa shape index (κ3) is 3.10. The summed E-state index contributed by atoms with van der Waals surface area (Å²) in [6, 6.07) is 12.5. The second-order valence-electron chi connectivity index (χ2n) is 5.77. The summed E-state index contributed by atoms with van der Waals surface area (Å²) < 4.78 is 27.8. The van der Waals surface area contributed by atoms with Gasteiger partial charge in [0.1, 0.15) is 4.88 Å². The summed E-state index contributed by atoms with van der Waals surface area (Å²) in [7, 11) is -3.76. The number of rotatable bonds is 3. The SMILES string of the molecule is O=C1NCCCc2nc(NS(=O)(=O)c3ccc4ccccc4c3)sc21. The number of hydrogen-bond acceptors (Lipinski definition) is 5. The van der Waals surface area contributed by atoms with Crippen LogP contribution in [0.2, 0.25) is 0 Å². The van der Waals surface area contributed by atoms with Crippen molar-refractivity contribution in [1.29, 1.82) is 0 Å². The highest BCUT2D eigenvalue weighted by atomic mass is 32.2. The van der Waals surface area contributed by atoms with E-state index < -0.39 is 10.0 Å². The Labute approximate surface area is 149 Å². The van der Waals surface area contributed by atoms with Gasteiger partial charge in [0.05, 0.1) is 10.6 Å². The minimum Gasteiger partial charge on any atom is -0.351 e. The van der Waals surface area contributed by atoms with Crippen LogP contribution in [0.5, 0.6) is 0 Å². The molecular weight excluding hydrogens is 358 g/mol. The molecule has 4 rings (SSSR count). The van der Waals surface area contributed by atoms with Crippen LogP contribution in [0.3, 0.4) is 0 Å². The molecule has 3 aromatic rings. The number of amides is 1. The van der Waals surface area contributed by atoms with Gasteiger partial charge in [-0.3, -0.25) is 9.52 Å². The van der Waals surface area contributed by atoms with Gasteiger partial charge in [0.25, 0.3) is 15.9 Å². The molecule has 0 atom stereocenters. The third-order valence-electron chi connectivity index (χ3n) is 4.03. The number of carbonyl (C=O) groups excluding carboxylic acids is 1. The van der Waals surface area contributed by atoms with Crippen molar-refractivity contribution < 1.29 is 13.2 Å². The van der Waals surface area contributed by atoms with E-state index in [1.807, 2.05) is 24.3 Å². The molecule has 0 radical (unpaired) electrons. The second kappa shape index (κ2) is 6.12. The molecule has 0 bridgehead atoms. The number of fused-ring (bicyclic) bond motifs is 2. The number of hydrogen-bond donors (Lipinski definition) is 2. The first kappa shape index (κ1) is 16.0. The summed E-state index contributed by atoms with van der Waals surface area (Å²) in [4.78, 5) is 16.9. The lowest BCUT2D eigenvalue weighted by Gasteiger charge is -2.06. The van der Waals surface area contributed by atoms with Gasteiger partial charge in [0, 0.05) is 6.54 Å². The van der Waals surface area contributed by atoms with E-state index in [1.165, 1.54) is 0 Å². The number of anilines is 1. The maximum Gasteiger partial charge on any atom is 0.263 e. The molecule has 2 aromatic carbocycles. The largest absolute Gasteiger partial charge is 0.351 e. The van der Waals surface area contributed by atoms with E-state index >= 15 is 0 Å². The van der Waals surface area contributed by atoms with Gasteiger partial charge in [-0.15, -0.1) is 0 Å². The Morgan fingerprint density at radius 3 is 2.76 bits per heavy atom. The molecule has 2 heterocycles. The quantitative estimate of drug-likeness (QED) is 0.739. The van der Waals surface area contributed by atoms with E-state index in [0.29, 0.717) is 23.5 Å². The average molecular weight is 373 g/mol. The lowest BCUT2D eigenvalue weighted by molar-refractivity contribution is 0.0960. The van der Waals surface area contributed by atoms with Crippen LogP contribution >= 0.6 is 11.3 Å². The zero-order valence-electron chi connectivity index (χ0n) is 13.2. The van der Waals surface area contributed by atoms with Gasteiger partial charge in [-0.25, -0.2) is 13.4 Å². The van der Waals surface area contributed by atoms with Crippen LogP contribution in [-0.2, 0) is 16.4 Å². The predicted molar refractivity (Wildman–Crippen MR) is 97.5 cm³/mol. The highest BCUT2D eigenvalue weighted by Gasteiger charge is 2.23. The van der Waals surface area contributed by atoms with Crippen LogP contribution in [-0.4, -0.2) is 25.9 Å². The Hall–Kier alpha value is -2.45. The van der Waals surface area contributed by atoms with E-state index in [4.69, 9.17) is 0 Å². The topological polar surface area (TPSA) is 88.2 Å². The molecule has 6 nitrogen and oxygen atoms in total. The Kier molecular flexibility index (Phi) is 3.93. The molecule has 0 saturated heterocycles. The molecule has 25 heavy (non-hydrogen) atoms. The van der Waals surface area contributed by atoms with Crippen molar-refractivity contribution in [3.05, 3.63) is 53.0 Å². The Morgan fingerprint density at radius 1 is 1.12 bits per heavy atom. The van der Waals surface area contributed by atoms with Gasteiger partial charge in [0.2, 0.25) is 0 Å². The van der Waals surface area contributed by atoms with Crippen molar-refractivity contribution in [1.82, 2.24) is 10.3 Å². The smallest absolute Gasteiger partial charge is 0.263 e. The van der Waals surface area contributed by atoms with Gasteiger partial charge >= 0.3 is 0 Å². The van der Waals surface area contributed by atoms with Crippen molar-refractivity contribution in [2.24, 2.45) is 0 Å². The van der Waals surface area contributed by atoms with Crippen LogP contribution in [0.25, 0.3) is 10.8 Å². The first-order valence-electron chi connectivity index (χ1n) is 7.82. The minimum absolute atomic E-state index is 0.168. The maximum absolute atomic E-state index is 12.7. The second-order valence-corrected chi connectivity index (χ2v) is 8.45. The number of nitrogens with one attached hydrogen (secondary N) is 2. The number of carbonyl (C=O) groups is 1. The Morgan fingerprint density at radius 2 is 1.92 bits per heavy atom. The van der Waals surface area contributed by atoms with Crippen LogP contribution in [0.4, 0.5) is 5.13 Å². The van der Waals surface area contributed by atoms with Crippen LogP contribution in [0.15, 0.2) is 47.4 Å². The highest BCUT2D eigenvalue weighted by Crippen LogP contribution is 2.28. The maximum atomic E-state index is 12.7. The summed E-state index contributed by atoms with van der Waals surface area (Å²) in [5, 5.41) is 4.82. The van der Waals surface area contributed by atoms with Gasteiger partial charge in [-0.2, -0.15) is 0 Å². The third-order valence-corrected chi connectivity index (χ3v) is 6.51. The molecule has 0 spiro atoms. The van der Waals surface area contributed by atoms with E-state index in [1.54, 1.807) is 18.2 Å². The van der Waals surface area contributed by atoms with Crippen LogP contribution in [0, 0.1) is 0 Å². The van der Waals surface area contributed by atoms with Crippen LogP contribution in [0.1, 0.15) is 21.8 Å². The lowest BCUT2D eigenvalue weighted by Crippen LogP contribution is -2.21. The normalized spacial score (nSPS) is 14.6. The van der Waals surface area contributed by atoms with E-state index in [2.05, 4.69) is 15.0 Å². The summed E-state index contributed by atoms with van der Waals surface area (Å²) >= 11 is 1.07. The summed E-state index contributed by atoms with van der Waals surface area (Å²) in [6.45, 7) is 0.611. The Bertz CT molecular complexity index is 1070. The molecule has 8 heteroatoms. The summed E-state index contributed by atoms with van der Waals surface area (Å²) in [5.74, 6) is -0.193. The molecule has 0 saturated carbocycles. The summed E-state index contributed by atoms with van der Waals surface area (Å²) in [5.41, 5.74) is 0.649. The number of sulfonamides is 1. The van der Waals surface area contributed by atoms with Crippen molar-refractivity contribution in [2.45, 2.75) is 17.7 Å². The van der Waals surface area contributed by atoms with Crippen molar-refractivity contribution in [2.75, 3.05) is 11.3 Å². The molecule has 2 N–H and O–H groups in total. The highest BCUT2D eigenvalue weighted by molar-refractivity contribution is 7.93. The first-order valence-corrected chi connectivity index (χ1v) is 10.1. The van der Waals surface area contributed by atoms with E-state index in [-0.39, 0.29) is 15.9 Å². The number of aromatic nitrogens is 1. The van der Waals surface area contributed by atoms with Crippen LogP contribution < -0.4 is 10.0 Å². The number of aryl methyl sites for hydroxylation is 1. The zero-order chi connectivity index (χ0) is 17.4. The molecule has 128 valence electrons. The fourth-order valence-corrected chi connectivity index (χ4v) is 4.99. The molecule has 1 aliphatic rings. The molecule has 0 aliphatic carbocycles. The van der Waals surface area contributed by atoms with Gasteiger partial charge in [-0.1, -0.05) is 41.7 Å². The fourth-order valence-electron chi connectivity index (χ4n) is 2.79. The molecule has 1 amide bonds. The number of nitrogens with zero attached hydrogens (tertiary/aromatic N) is 1. The predicted octanol–water partition coefficient (Wildman–Crippen LogP) is 2.77. The van der Waals surface area contributed by atoms with Gasteiger partial charge < -0.3 is 5.32 Å². The number of benzene rings is 2. The molecular formula is C17H15N3O3S2. The lowest BCUT2D eigenvalue weighted by atomic mass is 10.1. The first-order chi connectivity index (χ1) is 12.0. The number of thiazole rings is 1. The van der Waals surface area contributed by atoms with Gasteiger partial charge in [-0.05, 0) is 35.7 Å². The average Bonchev–Trinajstić information content (AvgIpc) is 2.92. The van der Waals surface area contributed by atoms with Crippen molar-refractivity contribution in [3.8, 4) is 0 Å². The molecule has 0 fully saturated rings. The minimum atomic E-state index is -3.76.